The molecule has 3 nitrogen and oxygen atoms in total. The monoisotopic (exact) mass is 295 g/mol. The predicted molar refractivity (Wildman–Crippen MR) is 82.9 cm³/mol. The van der Waals surface area contributed by atoms with Crippen molar-refractivity contribution in [3.63, 3.8) is 0 Å². The highest BCUT2D eigenvalue weighted by Gasteiger charge is 2.12. The number of rotatable bonds is 6. The van der Waals surface area contributed by atoms with E-state index in [9.17, 15) is 4.79 Å². The van der Waals surface area contributed by atoms with Crippen molar-refractivity contribution in [1.82, 2.24) is 4.90 Å². The molecule has 1 rings (SSSR count). The summed E-state index contributed by atoms with van der Waals surface area (Å²) >= 11 is 6.01. The number of nitrogens with zero attached hydrogens (tertiary/aromatic N) is 1. The zero-order valence-electron chi connectivity index (χ0n) is 12.5. The van der Waals surface area contributed by atoms with Crippen molar-refractivity contribution >= 4 is 17.6 Å². The van der Waals surface area contributed by atoms with Crippen LogP contribution in [0, 0.1) is 0 Å². The van der Waals surface area contributed by atoms with Gasteiger partial charge in [0.05, 0.1) is 7.11 Å². The van der Waals surface area contributed by atoms with Gasteiger partial charge in [-0.15, -0.1) is 0 Å². The third-order valence-corrected chi connectivity index (χ3v) is 3.68. The Morgan fingerprint density at radius 3 is 2.75 bits per heavy atom. The standard InChI is InChI=1S/C16H22ClNO2/c1-5-13(16(19)20-4)9-10-18(3)12(2)14-7-6-8-15(17)11-14/h6-9,11-12H,5,10H2,1-4H3. The van der Waals surface area contributed by atoms with E-state index in [-0.39, 0.29) is 12.0 Å². The van der Waals surface area contributed by atoms with Crippen LogP contribution in [0.15, 0.2) is 35.9 Å². The lowest BCUT2D eigenvalue weighted by Crippen LogP contribution is -2.23. The number of benzene rings is 1. The van der Waals surface area contributed by atoms with E-state index in [2.05, 4.69) is 17.9 Å². The number of esters is 1. The van der Waals surface area contributed by atoms with Gasteiger partial charge in [0.15, 0.2) is 0 Å². The molecule has 0 aromatic heterocycles. The Bertz CT molecular complexity index is 485. The number of carbonyl (C=O) groups is 1. The van der Waals surface area contributed by atoms with Gasteiger partial charge in [-0.1, -0.05) is 36.7 Å². The van der Waals surface area contributed by atoms with Crippen LogP contribution >= 0.6 is 11.6 Å². The number of carbonyl (C=O) groups excluding carboxylic acids is 1. The van der Waals surface area contributed by atoms with E-state index in [0.717, 1.165) is 10.6 Å². The number of hydrogen-bond donors (Lipinski definition) is 0. The molecule has 1 atom stereocenters. The molecule has 1 aromatic rings. The van der Waals surface area contributed by atoms with Crippen molar-refractivity contribution in [3.05, 3.63) is 46.5 Å². The van der Waals surface area contributed by atoms with Crippen molar-refractivity contribution in [2.75, 3.05) is 20.7 Å². The second-order valence-corrected chi connectivity index (χ2v) is 5.18. The normalized spacial score (nSPS) is 13.4. The lowest BCUT2D eigenvalue weighted by Gasteiger charge is -2.24. The molecule has 0 aliphatic rings. The van der Waals surface area contributed by atoms with E-state index in [1.54, 1.807) is 0 Å². The minimum Gasteiger partial charge on any atom is -0.466 e. The van der Waals surface area contributed by atoms with Crippen LogP contribution in [0.4, 0.5) is 0 Å². The van der Waals surface area contributed by atoms with Gasteiger partial charge in [-0.3, -0.25) is 4.90 Å². The van der Waals surface area contributed by atoms with Gasteiger partial charge in [0.25, 0.3) is 0 Å². The molecule has 1 unspecified atom stereocenters. The van der Waals surface area contributed by atoms with Gasteiger partial charge in [0.1, 0.15) is 0 Å². The van der Waals surface area contributed by atoms with Crippen molar-refractivity contribution in [2.24, 2.45) is 0 Å². The van der Waals surface area contributed by atoms with E-state index in [1.807, 2.05) is 38.2 Å². The van der Waals surface area contributed by atoms with E-state index in [0.29, 0.717) is 18.5 Å². The lowest BCUT2D eigenvalue weighted by atomic mass is 10.1. The van der Waals surface area contributed by atoms with Gasteiger partial charge in [0.2, 0.25) is 0 Å². The quantitative estimate of drug-likeness (QED) is 0.590. The fraction of sp³-hybridized carbons (Fsp3) is 0.438. The molecule has 0 N–H and O–H groups in total. The largest absolute Gasteiger partial charge is 0.466 e. The fourth-order valence-electron chi connectivity index (χ4n) is 1.94. The zero-order chi connectivity index (χ0) is 15.1. The number of methoxy groups -OCH3 is 1. The molecule has 0 spiro atoms. The van der Waals surface area contributed by atoms with E-state index >= 15 is 0 Å². The van der Waals surface area contributed by atoms with Gasteiger partial charge >= 0.3 is 5.97 Å². The summed E-state index contributed by atoms with van der Waals surface area (Å²) in [5, 5.41) is 0.738. The highest BCUT2D eigenvalue weighted by molar-refractivity contribution is 6.30. The molecule has 1 aromatic carbocycles. The average molecular weight is 296 g/mol. The van der Waals surface area contributed by atoms with E-state index in [1.165, 1.54) is 7.11 Å². The summed E-state index contributed by atoms with van der Waals surface area (Å²) in [5.41, 5.74) is 1.86. The Balaban J connectivity index is 2.73. The van der Waals surface area contributed by atoms with Crippen LogP contribution in [-0.4, -0.2) is 31.6 Å². The van der Waals surface area contributed by atoms with Crippen LogP contribution in [-0.2, 0) is 9.53 Å². The predicted octanol–water partition coefficient (Wildman–Crippen LogP) is 3.84. The Labute approximate surface area is 126 Å². The van der Waals surface area contributed by atoms with Gasteiger partial charge < -0.3 is 4.74 Å². The molecule has 0 amide bonds. The van der Waals surface area contributed by atoms with Gasteiger partial charge in [-0.05, 0) is 38.1 Å². The van der Waals surface area contributed by atoms with Crippen molar-refractivity contribution < 1.29 is 9.53 Å². The molecule has 0 fully saturated rings. The van der Waals surface area contributed by atoms with Crippen molar-refractivity contribution in [3.8, 4) is 0 Å². The maximum atomic E-state index is 11.5. The first-order valence-corrected chi connectivity index (χ1v) is 7.10. The number of hydrogen-bond acceptors (Lipinski definition) is 3. The van der Waals surface area contributed by atoms with Crippen LogP contribution < -0.4 is 0 Å². The summed E-state index contributed by atoms with van der Waals surface area (Å²) in [6, 6.07) is 8.06. The summed E-state index contributed by atoms with van der Waals surface area (Å²) in [6.45, 7) is 4.75. The number of halogens is 1. The van der Waals surface area contributed by atoms with E-state index < -0.39 is 0 Å². The molecule has 0 saturated heterocycles. The molecule has 20 heavy (non-hydrogen) atoms. The molecule has 0 bridgehead atoms. The second-order valence-electron chi connectivity index (χ2n) is 4.75. The first kappa shape index (κ1) is 16.7. The summed E-state index contributed by atoms with van der Waals surface area (Å²) < 4.78 is 4.75. The topological polar surface area (TPSA) is 29.5 Å². The highest BCUT2D eigenvalue weighted by atomic mass is 35.5. The van der Waals surface area contributed by atoms with E-state index in [4.69, 9.17) is 16.3 Å². The van der Waals surface area contributed by atoms with Crippen LogP contribution in [0.25, 0.3) is 0 Å². The van der Waals surface area contributed by atoms with Crippen LogP contribution in [0.5, 0.6) is 0 Å². The Morgan fingerprint density at radius 1 is 1.50 bits per heavy atom. The molecule has 0 saturated carbocycles. The number of ether oxygens (including phenoxy) is 1. The summed E-state index contributed by atoms with van der Waals surface area (Å²) in [5.74, 6) is -0.253. The molecule has 0 aliphatic carbocycles. The summed E-state index contributed by atoms with van der Waals surface area (Å²) in [6.07, 6.45) is 2.60. The SMILES string of the molecule is CCC(=CCN(C)C(C)c1cccc(Cl)c1)C(=O)OC. The van der Waals surface area contributed by atoms with Crippen LogP contribution in [0.2, 0.25) is 5.02 Å². The molecule has 4 heteroatoms. The first-order valence-electron chi connectivity index (χ1n) is 6.72. The Hall–Kier alpha value is -1.32. The van der Waals surface area contributed by atoms with Gasteiger partial charge in [0, 0.05) is 23.2 Å². The molecule has 110 valence electrons. The first-order chi connectivity index (χ1) is 9.49. The van der Waals surface area contributed by atoms with Crippen molar-refractivity contribution in [1.29, 1.82) is 0 Å². The fourth-order valence-corrected chi connectivity index (χ4v) is 2.14. The molecule has 0 radical (unpaired) electrons. The average Bonchev–Trinajstić information content (AvgIpc) is 2.46. The smallest absolute Gasteiger partial charge is 0.333 e. The third kappa shape index (κ3) is 4.66. The minimum atomic E-state index is -0.253. The summed E-state index contributed by atoms with van der Waals surface area (Å²) in [4.78, 5) is 13.7. The van der Waals surface area contributed by atoms with Gasteiger partial charge in [-0.25, -0.2) is 4.79 Å². The molecule has 0 heterocycles. The second kappa shape index (κ2) is 8.08. The maximum absolute atomic E-state index is 11.5. The summed E-state index contributed by atoms with van der Waals surface area (Å²) in [7, 11) is 3.43. The molecular formula is C16H22ClNO2. The maximum Gasteiger partial charge on any atom is 0.333 e. The highest BCUT2D eigenvalue weighted by Crippen LogP contribution is 2.21. The zero-order valence-corrected chi connectivity index (χ0v) is 13.3. The molecule has 0 aliphatic heterocycles. The van der Waals surface area contributed by atoms with Crippen LogP contribution in [0.3, 0.4) is 0 Å². The minimum absolute atomic E-state index is 0.223. The van der Waals surface area contributed by atoms with Crippen LogP contribution in [0.1, 0.15) is 31.9 Å². The Kier molecular flexibility index (Phi) is 6.76. The Morgan fingerprint density at radius 2 is 2.20 bits per heavy atom. The third-order valence-electron chi connectivity index (χ3n) is 3.45. The molecular weight excluding hydrogens is 274 g/mol. The number of likely N-dealkylation sites (N-methyl/N-ethyl adjacent to an activating group) is 1. The van der Waals surface area contributed by atoms with Crippen molar-refractivity contribution in [2.45, 2.75) is 26.3 Å². The lowest BCUT2D eigenvalue weighted by molar-refractivity contribution is -0.136. The van der Waals surface area contributed by atoms with Gasteiger partial charge in [-0.2, -0.15) is 0 Å².